The van der Waals surface area contributed by atoms with Crippen LogP contribution in [0.4, 0.5) is 42.5 Å². The molecule has 2 aliphatic rings. The number of benzene rings is 1. The zero-order chi connectivity index (χ0) is 31.0. The van der Waals surface area contributed by atoms with E-state index in [0.717, 1.165) is 12.1 Å². The van der Waals surface area contributed by atoms with Crippen LogP contribution in [0, 0.1) is 0 Å². The van der Waals surface area contributed by atoms with Gasteiger partial charge in [0, 0.05) is 25.0 Å². The molecule has 1 aromatic carbocycles. The van der Waals surface area contributed by atoms with Gasteiger partial charge in [-0.05, 0) is 62.6 Å². The molecular weight excluding hydrogens is 580 g/mol. The third-order valence-corrected chi connectivity index (χ3v) is 6.28. The molecule has 2 heterocycles. The molecule has 2 N–H and O–H groups in total. The van der Waals surface area contributed by atoms with Gasteiger partial charge in [-0.15, -0.1) is 13.2 Å². The minimum absolute atomic E-state index is 0.0193. The van der Waals surface area contributed by atoms with Crippen LogP contribution in [0.15, 0.2) is 42.7 Å². The maximum Gasteiger partial charge on any atom is 0.573 e. The summed E-state index contributed by atoms with van der Waals surface area (Å²) in [5.74, 6) is -5.95. The van der Waals surface area contributed by atoms with Crippen molar-refractivity contribution in [3.05, 3.63) is 48.3 Å². The predicted molar refractivity (Wildman–Crippen MR) is 131 cm³/mol. The summed E-state index contributed by atoms with van der Waals surface area (Å²) in [5, 5.41) is 4.31. The molecular formula is C25H23F6N5O6. The third kappa shape index (κ3) is 6.89. The Hall–Kier alpha value is -4.41. The van der Waals surface area contributed by atoms with Crippen molar-refractivity contribution in [1.29, 1.82) is 0 Å². The number of hydrogen-bond acceptors (Lipinski definition) is 8. The van der Waals surface area contributed by atoms with Crippen molar-refractivity contribution in [2.75, 3.05) is 10.2 Å². The number of pyridine rings is 1. The zero-order valence-corrected chi connectivity index (χ0v) is 21.9. The Balaban J connectivity index is 1.66. The predicted octanol–water partition coefficient (Wildman–Crippen LogP) is 3.85. The minimum atomic E-state index is -5.46. The first-order valence-electron chi connectivity index (χ1n) is 12.3. The molecule has 226 valence electrons. The van der Waals surface area contributed by atoms with Gasteiger partial charge in [-0.1, -0.05) is 0 Å². The Bertz CT molecular complexity index is 1380. The topological polar surface area (TPSA) is 130 Å². The molecule has 1 atom stereocenters. The monoisotopic (exact) mass is 603 g/mol. The van der Waals surface area contributed by atoms with Gasteiger partial charge in [0.25, 0.3) is 11.8 Å². The number of halogens is 6. The second-order valence-electron chi connectivity index (χ2n) is 9.87. The first-order valence-corrected chi connectivity index (χ1v) is 12.3. The van der Waals surface area contributed by atoms with Crippen molar-refractivity contribution in [2.45, 2.75) is 63.6 Å². The van der Waals surface area contributed by atoms with E-state index < -0.39 is 65.6 Å². The van der Waals surface area contributed by atoms with Crippen LogP contribution in [0.3, 0.4) is 0 Å². The van der Waals surface area contributed by atoms with E-state index in [1.54, 1.807) is 12.1 Å². The van der Waals surface area contributed by atoms with Crippen molar-refractivity contribution in [1.82, 2.24) is 15.2 Å². The van der Waals surface area contributed by atoms with Crippen LogP contribution in [0.25, 0.3) is 0 Å². The normalized spacial score (nSPS) is 17.7. The molecule has 2 aromatic rings. The number of nitrogens with zero attached hydrogens (tertiary/aromatic N) is 3. The summed E-state index contributed by atoms with van der Waals surface area (Å²) in [7, 11) is 0. The van der Waals surface area contributed by atoms with Crippen LogP contribution in [0.2, 0.25) is 0 Å². The number of imide groups is 1. The van der Waals surface area contributed by atoms with Crippen LogP contribution in [0.1, 0.15) is 32.3 Å². The van der Waals surface area contributed by atoms with Gasteiger partial charge in [-0.25, -0.2) is 14.5 Å². The highest BCUT2D eigenvalue weighted by Crippen LogP contribution is 2.38. The molecule has 4 rings (SSSR count). The van der Waals surface area contributed by atoms with Crippen LogP contribution < -0.4 is 20.3 Å². The van der Waals surface area contributed by atoms with Gasteiger partial charge < -0.3 is 19.7 Å². The lowest BCUT2D eigenvalue weighted by molar-refractivity contribution is -0.274. The number of rotatable bonds is 9. The number of anilines is 2. The summed E-state index contributed by atoms with van der Waals surface area (Å²) >= 11 is 0. The fourth-order valence-corrected chi connectivity index (χ4v) is 3.97. The first kappa shape index (κ1) is 30.5. The molecule has 42 heavy (non-hydrogen) atoms. The standard InChI is InChI=1S/C25H23F6N5O6/c1-23(2)20(38)36(22(40)35(23)12-13-7-9-32-10-8-13)15-5-6-17(42-25(29,30)31)16(11-15)34-18(37)19(33-14-3-4-14)41-21(39)24(26,27)28/h5-11,14,19,33H,3-4,12H2,1-2H3,(H,34,37). The number of carbonyl (C=O) groups is 4. The maximum atomic E-state index is 13.4. The molecule has 1 aliphatic heterocycles. The van der Waals surface area contributed by atoms with Gasteiger partial charge in [0.1, 0.15) is 5.54 Å². The number of aromatic nitrogens is 1. The Morgan fingerprint density at radius 3 is 2.29 bits per heavy atom. The highest BCUT2D eigenvalue weighted by Gasteiger charge is 2.52. The second-order valence-corrected chi connectivity index (χ2v) is 9.87. The smallest absolute Gasteiger partial charge is 0.430 e. The largest absolute Gasteiger partial charge is 0.573 e. The molecule has 11 nitrogen and oxygen atoms in total. The van der Waals surface area contributed by atoms with Crippen molar-refractivity contribution in [2.24, 2.45) is 0 Å². The molecule has 0 spiro atoms. The summed E-state index contributed by atoms with van der Waals surface area (Å²) in [4.78, 5) is 56.7. The second kappa shape index (κ2) is 11.1. The van der Waals surface area contributed by atoms with Crippen molar-refractivity contribution in [3.63, 3.8) is 0 Å². The van der Waals surface area contributed by atoms with E-state index in [0.29, 0.717) is 29.4 Å². The Labute approximate surface area is 233 Å². The number of amides is 4. The number of urea groups is 1. The highest BCUT2D eigenvalue weighted by atomic mass is 19.4. The van der Waals surface area contributed by atoms with Gasteiger partial charge in [0.2, 0.25) is 6.23 Å². The van der Waals surface area contributed by atoms with Gasteiger partial charge in [-0.2, -0.15) is 13.2 Å². The van der Waals surface area contributed by atoms with E-state index in [2.05, 4.69) is 19.8 Å². The number of hydrogen-bond donors (Lipinski definition) is 2. The average molecular weight is 603 g/mol. The average Bonchev–Trinajstić information content (AvgIpc) is 3.69. The molecule has 1 unspecified atom stereocenters. The maximum absolute atomic E-state index is 13.4. The highest BCUT2D eigenvalue weighted by molar-refractivity contribution is 6.23. The molecule has 2 fully saturated rings. The van der Waals surface area contributed by atoms with E-state index in [1.165, 1.54) is 31.1 Å². The summed E-state index contributed by atoms with van der Waals surface area (Å²) in [5.41, 5.74) is -1.83. The van der Waals surface area contributed by atoms with Gasteiger partial charge in [0.15, 0.2) is 5.75 Å². The number of esters is 1. The lowest BCUT2D eigenvalue weighted by atomic mass is 10.0. The Morgan fingerprint density at radius 1 is 1.07 bits per heavy atom. The van der Waals surface area contributed by atoms with E-state index in [4.69, 9.17) is 0 Å². The Kier molecular flexibility index (Phi) is 8.08. The number of carbonyl (C=O) groups excluding carboxylic acids is 4. The molecule has 1 saturated heterocycles. The van der Waals surface area contributed by atoms with E-state index in [9.17, 15) is 45.5 Å². The third-order valence-electron chi connectivity index (χ3n) is 6.28. The molecule has 1 aliphatic carbocycles. The fourth-order valence-electron chi connectivity index (χ4n) is 3.97. The summed E-state index contributed by atoms with van der Waals surface area (Å²) < 4.78 is 85.8. The van der Waals surface area contributed by atoms with E-state index >= 15 is 0 Å². The van der Waals surface area contributed by atoms with Crippen LogP contribution >= 0.6 is 0 Å². The van der Waals surface area contributed by atoms with Gasteiger partial charge in [0.05, 0.1) is 11.4 Å². The molecule has 0 bridgehead atoms. The van der Waals surface area contributed by atoms with Crippen LogP contribution in [-0.2, 0) is 25.7 Å². The summed E-state index contributed by atoms with van der Waals surface area (Å²) in [6.07, 6.45) is -9.12. The molecule has 0 radical (unpaired) electrons. The summed E-state index contributed by atoms with van der Waals surface area (Å²) in [6, 6.07) is 4.39. The number of nitrogens with one attached hydrogen (secondary N) is 2. The van der Waals surface area contributed by atoms with Crippen molar-refractivity contribution >= 4 is 35.2 Å². The molecule has 4 amide bonds. The van der Waals surface area contributed by atoms with Gasteiger partial charge in [-0.3, -0.25) is 19.9 Å². The van der Waals surface area contributed by atoms with Crippen molar-refractivity contribution < 1.29 is 55.0 Å². The first-order chi connectivity index (χ1) is 19.5. The van der Waals surface area contributed by atoms with Crippen LogP contribution in [-0.4, -0.2) is 64.0 Å². The molecule has 1 saturated carbocycles. The SMILES string of the molecule is CC1(C)C(=O)N(c2ccc(OC(F)(F)F)c(NC(=O)C(NC3CC3)OC(=O)C(F)(F)F)c2)C(=O)N1Cc1ccncc1. The molecule has 1 aromatic heterocycles. The zero-order valence-electron chi connectivity index (χ0n) is 21.9. The summed E-state index contributed by atoms with van der Waals surface area (Å²) in [6.45, 7) is 2.90. The minimum Gasteiger partial charge on any atom is -0.430 e. The van der Waals surface area contributed by atoms with E-state index in [-0.39, 0.29) is 12.2 Å². The lowest BCUT2D eigenvalue weighted by Gasteiger charge is -2.27. The van der Waals surface area contributed by atoms with Crippen LogP contribution in [0.5, 0.6) is 5.75 Å². The lowest BCUT2D eigenvalue weighted by Crippen LogP contribution is -2.47. The number of alkyl halides is 6. The fraction of sp³-hybridized carbons (Fsp3) is 0.400. The Morgan fingerprint density at radius 2 is 1.71 bits per heavy atom. The quantitative estimate of drug-likeness (QED) is 0.191. The van der Waals surface area contributed by atoms with Gasteiger partial charge >= 0.3 is 24.5 Å². The number of ether oxygens (including phenoxy) is 2. The van der Waals surface area contributed by atoms with Crippen molar-refractivity contribution in [3.8, 4) is 5.75 Å². The van der Waals surface area contributed by atoms with E-state index in [1.807, 2.05) is 5.32 Å². The molecule has 17 heteroatoms.